The molecule has 0 heterocycles. The monoisotopic (exact) mass is 341 g/mol. The van der Waals surface area contributed by atoms with Crippen LogP contribution in [0.3, 0.4) is 0 Å². The van der Waals surface area contributed by atoms with Crippen molar-refractivity contribution in [3.05, 3.63) is 13.8 Å². The van der Waals surface area contributed by atoms with Crippen molar-refractivity contribution in [3.8, 4) is 0 Å². The molecule has 1 aliphatic rings. The van der Waals surface area contributed by atoms with Gasteiger partial charge in [0.2, 0.25) is 0 Å². The van der Waals surface area contributed by atoms with Crippen LogP contribution in [0, 0.1) is 19.8 Å². The van der Waals surface area contributed by atoms with Crippen LogP contribution < -0.4 is 0 Å². The third-order valence-electron chi connectivity index (χ3n) is 3.97. The summed E-state index contributed by atoms with van der Waals surface area (Å²) in [6, 6.07) is 0. The molecule has 19 heavy (non-hydrogen) atoms. The Kier molecular flexibility index (Phi) is 22.5. The normalized spacial score (nSPS) is 21.0. The minimum Gasteiger partial charge on any atom is -0.346 e. The van der Waals surface area contributed by atoms with Gasteiger partial charge in [-0.05, 0) is 0 Å². The quantitative estimate of drug-likeness (QED) is 0.428. The second-order valence-corrected chi connectivity index (χ2v) is 5.69. The van der Waals surface area contributed by atoms with Crippen LogP contribution in [0.1, 0.15) is 96.8 Å². The van der Waals surface area contributed by atoms with Gasteiger partial charge in [-0.2, -0.15) is 12.8 Å². The zero-order valence-electron chi connectivity index (χ0n) is 13.5. The van der Waals surface area contributed by atoms with Gasteiger partial charge in [0.05, 0.1) is 0 Å². The van der Waals surface area contributed by atoms with Crippen molar-refractivity contribution in [2.45, 2.75) is 96.8 Å². The summed E-state index contributed by atoms with van der Waals surface area (Å²) in [5, 5.41) is 0. The smallest absolute Gasteiger partial charge is 0 e. The van der Waals surface area contributed by atoms with Crippen molar-refractivity contribution >= 4 is 0 Å². The first kappa shape index (κ1) is 22.4. The fraction of sp³-hybridized carbons (Fsp3) is 0.889. The minimum absolute atomic E-state index is 0. The van der Waals surface area contributed by atoms with E-state index in [4.69, 9.17) is 0 Å². The Bertz CT molecular complexity index is 129. The fourth-order valence-corrected chi connectivity index (χ4v) is 2.78. The number of rotatable bonds is 0. The van der Waals surface area contributed by atoms with Crippen LogP contribution >= 0.6 is 0 Å². The van der Waals surface area contributed by atoms with Crippen LogP contribution in [0.15, 0.2) is 0 Å². The first-order chi connectivity index (χ1) is 8.89. The summed E-state index contributed by atoms with van der Waals surface area (Å²) in [7, 11) is 0. The Morgan fingerprint density at radius 1 is 0.526 bits per heavy atom. The third kappa shape index (κ3) is 17.1. The van der Waals surface area contributed by atoms with E-state index in [1.165, 1.54) is 89.9 Å². The van der Waals surface area contributed by atoms with Gasteiger partial charge in [0.15, 0.2) is 0 Å². The van der Waals surface area contributed by atoms with Crippen LogP contribution in [0.4, 0.5) is 0 Å². The molecule has 1 aliphatic carbocycles. The summed E-state index contributed by atoms with van der Waals surface area (Å²) in [4.78, 5) is 0. The predicted octanol–water partition coefficient (Wildman–Crippen LogP) is 6.75. The van der Waals surface area contributed by atoms with Crippen molar-refractivity contribution in [2.24, 2.45) is 5.92 Å². The molecule has 1 radical (unpaired) electrons. The molecule has 0 bridgehead atoms. The van der Waals surface area contributed by atoms with Crippen molar-refractivity contribution in [1.82, 2.24) is 0 Å². The van der Waals surface area contributed by atoms with E-state index in [0.717, 1.165) is 5.92 Å². The Labute approximate surface area is 148 Å². The summed E-state index contributed by atoms with van der Waals surface area (Å²) < 4.78 is 0. The maximum Gasteiger partial charge on any atom is 0 e. The van der Waals surface area contributed by atoms with Crippen LogP contribution in [0.2, 0.25) is 0 Å². The molecule has 0 nitrogen and oxygen atoms in total. The van der Waals surface area contributed by atoms with E-state index >= 15 is 0 Å². The van der Waals surface area contributed by atoms with Crippen molar-refractivity contribution < 1.29 is 32.7 Å². The second kappa shape index (κ2) is 19.1. The molecule has 1 fully saturated rings. The van der Waals surface area contributed by atoms with Gasteiger partial charge in [0, 0.05) is 32.7 Å². The fourth-order valence-electron chi connectivity index (χ4n) is 2.78. The van der Waals surface area contributed by atoms with Crippen molar-refractivity contribution in [2.75, 3.05) is 0 Å². The van der Waals surface area contributed by atoms with Crippen LogP contribution in [0.25, 0.3) is 0 Å². The van der Waals surface area contributed by atoms with E-state index in [-0.39, 0.29) is 32.7 Å². The molecule has 1 rings (SSSR count). The molecule has 0 amide bonds. The summed E-state index contributed by atoms with van der Waals surface area (Å²) in [5.41, 5.74) is 0. The van der Waals surface area contributed by atoms with Gasteiger partial charge in [-0.25, -0.2) is 0 Å². The summed E-state index contributed by atoms with van der Waals surface area (Å²) in [6.45, 7) is 9.29. The Balaban J connectivity index is 0. The molecule has 0 aromatic heterocycles. The Morgan fingerprint density at radius 3 is 1.00 bits per heavy atom. The average Bonchev–Trinajstić information content (AvgIpc) is 2.41. The molecule has 0 atom stereocenters. The van der Waals surface area contributed by atoms with Gasteiger partial charge in [-0.15, -0.1) is 0 Å². The van der Waals surface area contributed by atoms with Crippen LogP contribution in [0.5, 0.6) is 0 Å². The van der Waals surface area contributed by atoms with Gasteiger partial charge >= 0.3 is 0 Å². The zero-order valence-corrected chi connectivity index (χ0v) is 16.3. The Hall–Kier alpha value is 1.10. The molecule has 113 valence electrons. The molecule has 0 saturated heterocycles. The SMILES string of the molecule is [CH2-]C.[CH2-]C1CCCCCCCCCCCCCC1.[Y]. The first-order valence-corrected chi connectivity index (χ1v) is 8.43. The summed E-state index contributed by atoms with van der Waals surface area (Å²) >= 11 is 0. The number of hydrogen-bond acceptors (Lipinski definition) is 0. The van der Waals surface area contributed by atoms with E-state index in [9.17, 15) is 0 Å². The van der Waals surface area contributed by atoms with Crippen molar-refractivity contribution in [3.63, 3.8) is 0 Å². The van der Waals surface area contributed by atoms with Gasteiger partial charge in [0.25, 0.3) is 0 Å². The van der Waals surface area contributed by atoms with Gasteiger partial charge < -0.3 is 13.8 Å². The molecule has 0 aromatic rings. The van der Waals surface area contributed by atoms with E-state index < -0.39 is 0 Å². The molecule has 1 heteroatoms. The first-order valence-electron chi connectivity index (χ1n) is 8.43. The molecule has 0 aromatic carbocycles. The van der Waals surface area contributed by atoms with E-state index in [2.05, 4.69) is 13.8 Å². The molecule has 0 spiro atoms. The van der Waals surface area contributed by atoms with Gasteiger partial charge in [-0.1, -0.05) is 89.9 Å². The predicted molar refractivity (Wildman–Crippen MR) is 84.5 cm³/mol. The maximum atomic E-state index is 4.29. The summed E-state index contributed by atoms with van der Waals surface area (Å²) in [6.07, 6.45) is 20.3. The van der Waals surface area contributed by atoms with Crippen molar-refractivity contribution in [1.29, 1.82) is 0 Å². The zero-order chi connectivity index (χ0) is 13.5. The van der Waals surface area contributed by atoms with Crippen LogP contribution in [-0.4, -0.2) is 0 Å². The molecule has 0 N–H and O–H groups in total. The maximum absolute atomic E-state index is 4.29. The van der Waals surface area contributed by atoms with Gasteiger partial charge in [-0.3, -0.25) is 0 Å². The largest absolute Gasteiger partial charge is 0.346 e. The van der Waals surface area contributed by atoms with E-state index in [0.29, 0.717) is 0 Å². The molecular weight excluding hydrogens is 305 g/mol. The van der Waals surface area contributed by atoms with E-state index in [1.807, 2.05) is 0 Å². The average molecular weight is 341 g/mol. The third-order valence-corrected chi connectivity index (χ3v) is 3.97. The van der Waals surface area contributed by atoms with Gasteiger partial charge in [0.1, 0.15) is 0 Å². The number of hydrogen-bond donors (Lipinski definition) is 0. The standard InChI is InChI=1S/C16H31.C2H5.Y/c1-16-14-12-10-8-6-4-2-3-5-7-9-11-13-15-16;1-2;/h16H,1-15H2;1H2,2H3;/q2*-1;. The second-order valence-electron chi connectivity index (χ2n) is 5.69. The molecule has 1 saturated carbocycles. The topological polar surface area (TPSA) is 0 Å². The molecular formula is C18H36Y-2. The molecule has 0 aliphatic heterocycles. The summed E-state index contributed by atoms with van der Waals surface area (Å²) in [5.74, 6) is 0.741. The minimum atomic E-state index is 0. The van der Waals surface area contributed by atoms with Crippen LogP contribution in [-0.2, 0) is 32.7 Å². The van der Waals surface area contributed by atoms with E-state index in [1.54, 1.807) is 6.92 Å². The Morgan fingerprint density at radius 2 is 0.737 bits per heavy atom. The molecule has 0 unspecified atom stereocenters.